The molecule has 0 unspecified atom stereocenters. The molecule has 2 aromatic rings. The van der Waals surface area contributed by atoms with Crippen LogP contribution < -0.4 is 5.32 Å². The van der Waals surface area contributed by atoms with E-state index < -0.39 is 0 Å². The van der Waals surface area contributed by atoms with Crippen LogP contribution in [-0.4, -0.2) is 10.9 Å². The second kappa shape index (κ2) is 5.46. The van der Waals surface area contributed by atoms with Gasteiger partial charge < -0.3 is 5.32 Å². The van der Waals surface area contributed by atoms with Gasteiger partial charge in [-0.2, -0.15) is 0 Å². The maximum atomic E-state index is 11.8. The minimum absolute atomic E-state index is 0.199. The van der Waals surface area contributed by atoms with Crippen molar-refractivity contribution in [2.45, 2.75) is 0 Å². The Bertz CT molecular complexity index is 525. The lowest BCUT2D eigenvalue weighted by atomic mass is 10.2. The molecule has 0 aliphatic carbocycles. The van der Waals surface area contributed by atoms with E-state index in [9.17, 15) is 4.79 Å². The predicted octanol–water partition coefficient (Wildman–Crippen LogP) is 3.59. The van der Waals surface area contributed by atoms with Gasteiger partial charge in [0.25, 0.3) is 5.91 Å². The molecule has 0 bridgehead atoms. The summed E-state index contributed by atoms with van der Waals surface area (Å²) in [5.41, 5.74) is 1.23. The quantitative estimate of drug-likeness (QED) is 0.658. The zero-order valence-corrected chi connectivity index (χ0v) is 11.6. The summed E-state index contributed by atoms with van der Waals surface area (Å²) in [4.78, 5) is 15.7. The number of hydrogen-bond acceptors (Lipinski definition) is 2. The van der Waals surface area contributed by atoms with Crippen molar-refractivity contribution in [3.63, 3.8) is 0 Å². The molecule has 1 aromatic carbocycles. The normalized spacial score (nSPS) is 10.0. The molecule has 1 amide bonds. The third kappa shape index (κ3) is 3.41. The van der Waals surface area contributed by atoms with Crippen LogP contribution in [0.3, 0.4) is 0 Å². The van der Waals surface area contributed by atoms with Crippen LogP contribution in [0.4, 0.5) is 5.69 Å². The van der Waals surface area contributed by atoms with Crippen LogP contribution in [0, 0.1) is 3.57 Å². The fourth-order valence-corrected chi connectivity index (χ4v) is 1.72. The minimum Gasteiger partial charge on any atom is -0.322 e. The third-order valence-corrected chi connectivity index (χ3v) is 3.03. The van der Waals surface area contributed by atoms with Crippen LogP contribution in [-0.2, 0) is 0 Å². The van der Waals surface area contributed by atoms with E-state index in [1.54, 1.807) is 12.1 Å². The average molecular weight is 359 g/mol. The molecule has 17 heavy (non-hydrogen) atoms. The van der Waals surface area contributed by atoms with Gasteiger partial charge in [0.05, 0.1) is 5.56 Å². The fourth-order valence-electron chi connectivity index (χ4n) is 1.25. The molecule has 0 atom stereocenters. The van der Waals surface area contributed by atoms with Crippen molar-refractivity contribution in [2.75, 3.05) is 5.32 Å². The molecule has 0 radical (unpaired) electrons. The van der Waals surface area contributed by atoms with Crippen LogP contribution >= 0.6 is 34.2 Å². The molecular weight excluding hydrogens is 351 g/mol. The molecule has 1 aromatic heterocycles. The van der Waals surface area contributed by atoms with Crippen molar-refractivity contribution in [1.82, 2.24) is 4.98 Å². The molecule has 2 rings (SSSR count). The van der Waals surface area contributed by atoms with Gasteiger partial charge in [0.1, 0.15) is 5.15 Å². The number of benzene rings is 1. The lowest BCUT2D eigenvalue weighted by molar-refractivity contribution is 0.102. The lowest BCUT2D eigenvalue weighted by Crippen LogP contribution is -2.11. The number of anilines is 1. The van der Waals surface area contributed by atoms with Gasteiger partial charge in [-0.3, -0.25) is 4.79 Å². The predicted molar refractivity (Wildman–Crippen MR) is 76.4 cm³/mol. The average Bonchev–Trinajstić information content (AvgIpc) is 2.33. The number of pyridine rings is 1. The summed E-state index contributed by atoms with van der Waals surface area (Å²) in [6, 6.07) is 10.8. The topological polar surface area (TPSA) is 42.0 Å². The number of hydrogen-bond donors (Lipinski definition) is 1. The van der Waals surface area contributed by atoms with Gasteiger partial charge >= 0.3 is 0 Å². The van der Waals surface area contributed by atoms with E-state index in [1.165, 1.54) is 6.20 Å². The molecule has 86 valence electrons. The Morgan fingerprint density at radius 3 is 2.47 bits per heavy atom. The standard InChI is InChI=1S/C12H8ClIN2O/c13-11-6-1-8(7-15-11)12(17)16-10-4-2-9(14)3-5-10/h1-7H,(H,16,17). The first-order chi connectivity index (χ1) is 8.15. The van der Waals surface area contributed by atoms with E-state index in [2.05, 4.69) is 32.9 Å². The maximum absolute atomic E-state index is 11.8. The van der Waals surface area contributed by atoms with Crippen molar-refractivity contribution < 1.29 is 4.79 Å². The Morgan fingerprint density at radius 1 is 1.18 bits per heavy atom. The Hall–Kier alpha value is -1.14. The molecule has 0 aliphatic rings. The number of nitrogens with zero attached hydrogens (tertiary/aromatic N) is 1. The van der Waals surface area contributed by atoms with Gasteiger partial charge in [0.2, 0.25) is 0 Å². The highest BCUT2D eigenvalue weighted by Crippen LogP contribution is 2.13. The van der Waals surface area contributed by atoms with Crippen LogP contribution in [0.2, 0.25) is 5.15 Å². The highest BCUT2D eigenvalue weighted by Gasteiger charge is 2.06. The van der Waals surface area contributed by atoms with Crippen molar-refractivity contribution >= 4 is 45.8 Å². The summed E-state index contributed by atoms with van der Waals surface area (Å²) >= 11 is 7.86. The van der Waals surface area contributed by atoms with Crippen LogP contribution in [0.5, 0.6) is 0 Å². The molecule has 0 spiro atoms. The number of rotatable bonds is 2. The first-order valence-corrected chi connectivity index (χ1v) is 6.29. The second-order valence-corrected chi connectivity index (χ2v) is 4.96. The van der Waals surface area contributed by atoms with E-state index in [0.29, 0.717) is 10.7 Å². The van der Waals surface area contributed by atoms with Gasteiger partial charge in [-0.25, -0.2) is 4.98 Å². The third-order valence-electron chi connectivity index (χ3n) is 2.09. The first-order valence-electron chi connectivity index (χ1n) is 4.83. The molecule has 5 heteroatoms. The van der Waals surface area contributed by atoms with E-state index in [-0.39, 0.29) is 5.91 Å². The summed E-state index contributed by atoms with van der Waals surface area (Å²) in [6.45, 7) is 0. The van der Waals surface area contributed by atoms with E-state index in [0.717, 1.165) is 9.26 Å². The smallest absolute Gasteiger partial charge is 0.257 e. The zero-order chi connectivity index (χ0) is 12.3. The molecular formula is C12H8ClIN2O. The van der Waals surface area contributed by atoms with E-state index in [4.69, 9.17) is 11.6 Å². The monoisotopic (exact) mass is 358 g/mol. The number of aromatic nitrogens is 1. The highest BCUT2D eigenvalue weighted by atomic mass is 127. The Kier molecular flexibility index (Phi) is 3.96. The van der Waals surface area contributed by atoms with Gasteiger partial charge in [-0.05, 0) is 59.0 Å². The Balaban J connectivity index is 2.11. The highest BCUT2D eigenvalue weighted by molar-refractivity contribution is 14.1. The van der Waals surface area contributed by atoms with Crippen LogP contribution in [0.15, 0.2) is 42.6 Å². The van der Waals surface area contributed by atoms with E-state index >= 15 is 0 Å². The van der Waals surface area contributed by atoms with Gasteiger partial charge in [-0.15, -0.1) is 0 Å². The largest absolute Gasteiger partial charge is 0.322 e. The summed E-state index contributed by atoms with van der Waals surface area (Å²) in [5.74, 6) is -0.199. The summed E-state index contributed by atoms with van der Waals surface area (Å²) in [5, 5.41) is 3.15. The van der Waals surface area contributed by atoms with Gasteiger partial charge in [0, 0.05) is 15.5 Å². The number of carbonyl (C=O) groups is 1. The van der Waals surface area contributed by atoms with Crippen molar-refractivity contribution in [3.05, 3.63) is 56.9 Å². The molecule has 3 nitrogen and oxygen atoms in total. The Labute approximate surface area is 117 Å². The minimum atomic E-state index is -0.199. The zero-order valence-electron chi connectivity index (χ0n) is 8.65. The maximum Gasteiger partial charge on any atom is 0.257 e. The number of amides is 1. The molecule has 1 heterocycles. The molecule has 0 saturated carbocycles. The number of nitrogens with one attached hydrogen (secondary N) is 1. The summed E-state index contributed by atoms with van der Waals surface area (Å²) in [7, 11) is 0. The second-order valence-electron chi connectivity index (χ2n) is 3.33. The molecule has 1 N–H and O–H groups in total. The number of halogens is 2. The first kappa shape index (κ1) is 12.3. The lowest BCUT2D eigenvalue weighted by Gasteiger charge is -2.04. The van der Waals surface area contributed by atoms with Gasteiger partial charge in [-0.1, -0.05) is 11.6 Å². The van der Waals surface area contributed by atoms with Crippen molar-refractivity contribution in [3.8, 4) is 0 Å². The fraction of sp³-hybridized carbons (Fsp3) is 0. The van der Waals surface area contributed by atoms with E-state index in [1.807, 2.05) is 24.3 Å². The van der Waals surface area contributed by atoms with Crippen molar-refractivity contribution in [1.29, 1.82) is 0 Å². The van der Waals surface area contributed by atoms with Gasteiger partial charge in [0.15, 0.2) is 0 Å². The SMILES string of the molecule is O=C(Nc1ccc(I)cc1)c1ccc(Cl)nc1. The van der Waals surface area contributed by atoms with Crippen LogP contribution in [0.1, 0.15) is 10.4 Å². The van der Waals surface area contributed by atoms with Crippen LogP contribution in [0.25, 0.3) is 0 Å². The summed E-state index contributed by atoms with van der Waals surface area (Å²) in [6.07, 6.45) is 1.45. The van der Waals surface area contributed by atoms with Crippen molar-refractivity contribution in [2.24, 2.45) is 0 Å². The molecule has 0 saturated heterocycles. The molecule has 0 aliphatic heterocycles. The summed E-state index contributed by atoms with van der Waals surface area (Å²) < 4.78 is 1.12. The Morgan fingerprint density at radius 2 is 1.88 bits per heavy atom. The number of carbonyl (C=O) groups excluding carboxylic acids is 1. The molecule has 0 fully saturated rings.